The van der Waals surface area contributed by atoms with Crippen LogP contribution >= 0.6 is 0 Å². The van der Waals surface area contributed by atoms with Crippen molar-refractivity contribution >= 4 is 22.8 Å². The normalized spacial score (nSPS) is 12.1. The number of carboxylic acids is 1. The van der Waals surface area contributed by atoms with E-state index in [0.29, 0.717) is 11.1 Å². The second kappa shape index (κ2) is 6.11. The molecule has 1 unspecified atom stereocenters. The Balaban J connectivity index is 1.88. The van der Waals surface area contributed by atoms with Gasteiger partial charge in [0.05, 0.1) is 5.52 Å². The van der Waals surface area contributed by atoms with E-state index < -0.39 is 17.9 Å². The summed E-state index contributed by atoms with van der Waals surface area (Å²) < 4.78 is 0. The first kappa shape index (κ1) is 15.7. The number of H-pyrrole nitrogens is 1. The van der Waals surface area contributed by atoms with Gasteiger partial charge in [0.15, 0.2) is 6.04 Å². The number of aromatic amines is 1. The third kappa shape index (κ3) is 2.96. The number of fused-ring (bicyclic) bond motifs is 1. The van der Waals surface area contributed by atoms with Crippen LogP contribution in [0.4, 0.5) is 0 Å². The molecule has 24 heavy (non-hydrogen) atoms. The van der Waals surface area contributed by atoms with Gasteiger partial charge in [-0.05, 0) is 25.5 Å². The van der Waals surface area contributed by atoms with Crippen molar-refractivity contribution in [3.05, 3.63) is 59.0 Å². The number of pyridine rings is 1. The van der Waals surface area contributed by atoms with Gasteiger partial charge in [-0.15, -0.1) is 0 Å². The molecule has 0 aliphatic heterocycles. The third-order valence-corrected chi connectivity index (χ3v) is 3.76. The van der Waals surface area contributed by atoms with Gasteiger partial charge in [-0.25, -0.2) is 4.79 Å². The zero-order valence-electron chi connectivity index (χ0n) is 13.2. The van der Waals surface area contributed by atoms with E-state index in [1.165, 1.54) is 6.07 Å². The number of hydrogen-bond acceptors (Lipinski definition) is 4. The highest BCUT2D eigenvalue weighted by Gasteiger charge is 2.23. The molecule has 3 N–H and O–H groups in total. The highest BCUT2D eigenvalue weighted by Crippen LogP contribution is 2.17. The molecule has 3 aromatic rings. The molecule has 2 heterocycles. The summed E-state index contributed by atoms with van der Waals surface area (Å²) in [5.74, 6) is -1.70. The number of carbonyl (C=O) groups is 2. The smallest absolute Gasteiger partial charge is 0.330 e. The van der Waals surface area contributed by atoms with Crippen LogP contribution < -0.4 is 5.32 Å². The van der Waals surface area contributed by atoms with Crippen molar-refractivity contribution in [2.24, 2.45) is 0 Å². The fourth-order valence-electron chi connectivity index (χ4n) is 2.50. The lowest BCUT2D eigenvalue weighted by molar-refractivity contribution is -0.139. The van der Waals surface area contributed by atoms with E-state index in [0.717, 1.165) is 16.6 Å². The third-order valence-electron chi connectivity index (χ3n) is 3.76. The number of benzene rings is 1. The molecule has 7 nitrogen and oxygen atoms in total. The summed E-state index contributed by atoms with van der Waals surface area (Å²) in [4.78, 5) is 28.0. The molecule has 0 aliphatic carbocycles. The number of hydrogen-bond donors (Lipinski definition) is 3. The molecule has 1 amide bonds. The van der Waals surface area contributed by atoms with Gasteiger partial charge in [0.25, 0.3) is 5.91 Å². The van der Waals surface area contributed by atoms with Gasteiger partial charge in [0.2, 0.25) is 0 Å². The predicted molar refractivity (Wildman–Crippen MR) is 87.6 cm³/mol. The molecule has 0 spiro atoms. The minimum atomic E-state index is -1.14. The Kier molecular flexibility index (Phi) is 3.99. The quantitative estimate of drug-likeness (QED) is 0.681. The molecule has 0 aliphatic rings. The number of nitrogens with zero attached hydrogens (tertiary/aromatic N) is 2. The van der Waals surface area contributed by atoms with Crippen LogP contribution in [0, 0.1) is 13.8 Å². The van der Waals surface area contributed by atoms with Gasteiger partial charge < -0.3 is 10.4 Å². The van der Waals surface area contributed by atoms with Gasteiger partial charge in [-0.2, -0.15) is 5.10 Å². The maximum absolute atomic E-state index is 12.4. The van der Waals surface area contributed by atoms with Crippen molar-refractivity contribution in [2.45, 2.75) is 19.9 Å². The second-order valence-corrected chi connectivity index (χ2v) is 5.59. The molecule has 0 saturated carbocycles. The van der Waals surface area contributed by atoms with E-state index in [9.17, 15) is 14.7 Å². The molecule has 1 aromatic carbocycles. The highest BCUT2D eigenvalue weighted by atomic mass is 16.4. The number of carboxylic acid groups (broad SMARTS) is 1. The summed E-state index contributed by atoms with van der Waals surface area (Å²) in [5, 5.41) is 19.7. The molecule has 122 valence electrons. The Hall–Kier alpha value is -3.22. The molecular formula is C17H16N4O3. The lowest BCUT2D eigenvalue weighted by Crippen LogP contribution is -2.34. The zero-order valence-corrected chi connectivity index (χ0v) is 13.2. The fourth-order valence-corrected chi connectivity index (χ4v) is 2.50. The van der Waals surface area contributed by atoms with Crippen LogP contribution in [0.2, 0.25) is 0 Å². The van der Waals surface area contributed by atoms with E-state index in [1.54, 1.807) is 24.4 Å². The van der Waals surface area contributed by atoms with Crippen LogP contribution in [0.1, 0.15) is 33.4 Å². The zero-order chi connectivity index (χ0) is 17.3. The minimum absolute atomic E-state index is 0.118. The number of amides is 1. The number of rotatable bonds is 4. The molecular weight excluding hydrogens is 308 g/mol. The molecule has 7 heteroatoms. The van der Waals surface area contributed by atoms with Gasteiger partial charge in [0.1, 0.15) is 5.69 Å². The van der Waals surface area contributed by atoms with Crippen molar-refractivity contribution in [1.82, 2.24) is 20.5 Å². The Morgan fingerprint density at radius 2 is 2.04 bits per heavy atom. The number of nitrogens with one attached hydrogen (secondary N) is 2. The van der Waals surface area contributed by atoms with Crippen molar-refractivity contribution in [2.75, 3.05) is 0 Å². The van der Waals surface area contributed by atoms with E-state index in [2.05, 4.69) is 20.5 Å². The summed E-state index contributed by atoms with van der Waals surface area (Å²) in [6, 6.07) is 7.40. The maximum atomic E-state index is 12.4. The Labute approximate surface area is 137 Å². The van der Waals surface area contributed by atoms with Gasteiger partial charge in [-0.3, -0.25) is 14.9 Å². The number of aromatic nitrogens is 3. The summed E-state index contributed by atoms with van der Waals surface area (Å²) >= 11 is 0. The Morgan fingerprint density at radius 3 is 2.75 bits per heavy atom. The fraction of sp³-hybridized carbons (Fsp3) is 0.176. The van der Waals surface area contributed by atoms with E-state index in [-0.39, 0.29) is 5.69 Å². The second-order valence-electron chi connectivity index (χ2n) is 5.59. The summed E-state index contributed by atoms with van der Waals surface area (Å²) in [7, 11) is 0. The van der Waals surface area contributed by atoms with Crippen molar-refractivity contribution in [3.63, 3.8) is 0 Å². The first-order valence-electron chi connectivity index (χ1n) is 7.36. The van der Waals surface area contributed by atoms with E-state index in [4.69, 9.17) is 0 Å². The first-order chi connectivity index (χ1) is 11.5. The molecule has 0 radical (unpaired) electrons. The van der Waals surface area contributed by atoms with E-state index >= 15 is 0 Å². The minimum Gasteiger partial charge on any atom is -0.479 e. The van der Waals surface area contributed by atoms with Crippen LogP contribution in [0.25, 0.3) is 10.9 Å². The summed E-state index contributed by atoms with van der Waals surface area (Å²) in [6.07, 6.45) is 1.55. The largest absolute Gasteiger partial charge is 0.479 e. The highest BCUT2D eigenvalue weighted by molar-refractivity contribution is 5.98. The average molecular weight is 324 g/mol. The summed E-state index contributed by atoms with van der Waals surface area (Å²) in [6.45, 7) is 3.72. The Bertz CT molecular complexity index is 932. The van der Waals surface area contributed by atoms with Gasteiger partial charge >= 0.3 is 5.97 Å². The van der Waals surface area contributed by atoms with Crippen molar-refractivity contribution in [3.8, 4) is 0 Å². The van der Waals surface area contributed by atoms with Crippen LogP contribution in [0.3, 0.4) is 0 Å². The standard InChI is InChI=1S/C17H16N4O3/c1-9-4-3-5-11(6-9)15(17(23)24)19-16(22)14-7-13-12(8-18-14)10(2)20-21-13/h3-8,15H,1-2H3,(H,19,22)(H,20,21)(H,23,24). The molecule has 0 fully saturated rings. The monoisotopic (exact) mass is 324 g/mol. The molecule has 1 atom stereocenters. The summed E-state index contributed by atoms with van der Waals surface area (Å²) in [5.41, 5.74) is 3.00. The SMILES string of the molecule is Cc1cccc(C(NC(=O)c2cc3n[nH]c(C)c3cn2)C(=O)O)c1. The maximum Gasteiger partial charge on any atom is 0.330 e. The van der Waals surface area contributed by atoms with Crippen molar-refractivity contribution in [1.29, 1.82) is 0 Å². The van der Waals surface area contributed by atoms with Crippen LogP contribution in [0.5, 0.6) is 0 Å². The molecule has 2 aromatic heterocycles. The molecule has 3 rings (SSSR count). The topological polar surface area (TPSA) is 108 Å². The van der Waals surface area contributed by atoms with Gasteiger partial charge in [0, 0.05) is 17.3 Å². The van der Waals surface area contributed by atoms with Crippen LogP contribution in [0.15, 0.2) is 36.5 Å². The van der Waals surface area contributed by atoms with Crippen molar-refractivity contribution < 1.29 is 14.7 Å². The van der Waals surface area contributed by atoms with E-state index in [1.807, 2.05) is 19.9 Å². The average Bonchev–Trinajstić information content (AvgIpc) is 2.92. The lowest BCUT2D eigenvalue weighted by atomic mass is 10.0. The molecule has 0 saturated heterocycles. The number of aliphatic carboxylic acids is 1. The number of carbonyl (C=O) groups excluding carboxylic acids is 1. The Morgan fingerprint density at radius 1 is 1.25 bits per heavy atom. The van der Waals surface area contributed by atoms with Crippen LogP contribution in [-0.4, -0.2) is 32.2 Å². The predicted octanol–water partition coefficient (Wildman–Crippen LogP) is 2.13. The van der Waals surface area contributed by atoms with Crippen LogP contribution in [-0.2, 0) is 4.79 Å². The number of aryl methyl sites for hydroxylation is 2. The lowest BCUT2D eigenvalue weighted by Gasteiger charge is -2.15. The first-order valence-corrected chi connectivity index (χ1v) is 7.36. The molecule has 0 bridgehead atoms. The van der Waals surface area contributed by atoms with Gasteiger partial charge in [-0.1, -0.05) is 29.8 Å².